The van der Waals surface area contributed by atoms with E-state index >= 15 is 0 Å². The molecule has 0 atom stereocenters. The standard InChI is InChI=1S/C10H22N2O2/c1-9(2)8-14-6-5-11-7-10(13)12(3)4/h9,11H,5-8H2,1-4H3. The van der Waals surface area contributed by atoms with E-state index in [1.807, 2.05) is 0 Å². The van der Waals surface area contributed by atoms with Gasteiger partial charge < -0.3 is 15.0 Å². The van der Waals surface area contributed by atoms with Gasteiger partial charge in [0.15, 0.2) is 0 Å². The average molecular weight is 202 g/mol. The molecule has 0 rings (SSSR count). The van der Waals surface area contributed by atoms with E-state index < -0.39 is 0 Å². The van der Waals surface area contributed by atoms with Crippen LogP contribution >= 0.6 is 0 Å². The molecule has 1 N–H and O–H groups in total. The summed E-state index contributed by atoms with van der Waals surface area (Å²) in [5.74, 6) is 0.660. The number of ether oxygens (including phenoxy) is 1. The smallest absolute Gasteiger partial charge is 0.236 e. The van der Waals surface area contributed by atoms with Crippen LogP contribution in [-0.2, 0) is 9.53 Å². The van der Waals surface area contributed by atoms with E-state index in [9.17, 15) is 4.79 Å². The summed E-state index contributed by atoms with van der Waals surface area (Å²) < 4.78 is 5.35. The van der Waals surface area contributed by atoms with Crippen LogP contribution in [0.25, 0.3) is 0 Å². The number of nitrogens with zero attached hydrogens (tertiary/aromatic N) is 1. The van der Waals surface area contributed by atoms with E-state index in [0.717, 1.165) is 13.2 Å². The minimum absolute atomic E-state index is 0.0915. The first kappa shape index (κ1) is 13.4. The molecule has 0 saturated heterocycles. The van der Waals surface area contributed by atoms with Gasteiger partial charge in [-0.1, -0.05) is 13.8 Å². The molecule has 0 unspecified atom stereocenters. The number of amides is 1. The monoisotopic (exact) mass is 202 g/mol. The summed E-state index contributed by atoms with van der Waals surface area (Å²) in [6, 6.07) is 0. The van der Waals surface area contributed by atoms with E-state index in [2.05, 4.69) is 19.2 Å². The van der Waals surface area contributed by atoms with Crippen LogP contribution in [0.2, 0.25) is 0 Å². The van der Waals surface area contributed by atoms with Gasteiger partial charge in [-0.2, -0.15) is 0 Å². The fourth-order valence-corrected chi connectivity index (χ4v) is 0.817. The van der Waals surface area contributed by atoms with Crippen LogP contribution in [0.1, 0.15) is 13.8 Å². The van der Waals surface area contributed by atoms with Gasteiger partial charge in [0.05, 0.1) is 13.2 Å². The van der Waals surface area contributed by atoms with Gasteiger partial charge in [-0.05, 0) is 5.92 Å². The Labute approximate surface area is 86.6 Å². The predicted octanol–water partition coefficient (Wildman–Crippen LogP) is 0.337. The Balaban J connectivity index is 3.18. The molecule has 14 heavy (non-hydrogen) atoms. The Kier molecular flexibility index (Phi) is 7.42. The third kappa shape index (κ3) is 8.01. The molecule has 1 amide bonds. The topological polar surface area (TPSA) is 41.6 Å². The summed E-state index contributed by atoms with van der Waals surface area (Å²) in [6.07, 6.45) is 0. The minimum Gasteiger partial charge on any atom is -0.380 e. The molecule has 4 heteroatoms. The number of carbonyl (C=O) groups is 1. The molecular formula is C10H22N2O2. The molecule has 0 bridgehead atoms. The van der Waals surface area contributed by atoms with E-state index in [4.69, 9.17) is 4.74 Å². The van der Waals surface area contributed by atoms with Crippen LogP contribution < -0.4 is 5.32 Å². The first-order valence-corrected chi connectivity index (χ1v) is 5.02. The number of nitrogens with one attached hydrogen (secondary N) is 1. The predicted molar refractivity (Wildman–Crippen MR) is 57.2 cm³/mol. The van der Waals surface area contributed by atoms with Crippen molar-refractivity contribution in [1.29, 1.82) is 0 Å². The minimum atomic E-state index is 0.0915. The van der Waals surface area contributed by atoms with Gasteiger partial charge >= 0.3 is 0 Å². The van der Waals surface area contributed by atoms with Crippen molar-refractivity contribution in [2.45, 2.75) is 13.8 Å². The molecule has 0 fully saturated rings. The lowest BCUT2D eigenvalue weighted by Gasteiger charge is -2.11. The second-order valence-electron chi connectivity index (χ2n) is 3.93. The summed E-state index contributed by atoms with van der Waals surface area (Å²) in [4.78, 5) is 12.7. The fourth-order valence-electron chi connectivity index (χ4n) is 0.817. The molecule has 4 nitrogen and oxygen atoms in total. The normalized spacial score (nSPS) is 10.6. The summed E-state index contributed by atoms with van der Waals surface area (Å²) in [7, 11) is 3.50. The number of rotatable bonds is 7. The van der Waals surface area contributed by atoms with Gasteiger partial charge in [0, 0.05) is 27.2 Å². The van der Waals surface area contributed by atoms with Crippen LogP contribution in [0, 0.1) is 5.92 Å². The second-order valence-corrected chi connectivity index (χ2v) is 3.93. The third-order valence-electron chi connectivity index (χ3n) is 1.65. The largest absolute Gasteiger partial charge is 0.380 e. The van der Waals surface area contributed by atoms with Crippen LogP contribution in [-0.4, -0.2) is 51.2 Å². The van der Waals surface area contributed by atoms with Crippen LogP contribution in [0.4, 0.5) is 0 Å². The van der Waals surface area contributed by atoms with E-state index in [1.165, 1.54) is 0 Å². The molecule has 0 aromatic carbocycles. The van der Waals surface area contributed by atoms with Gasteiger partial charge in [0.1, 0.15) is 0 Å². The summed E-state index contributed by atoms with van der Waals surface area (Å²) in [5.41, 5.74) is 0. The van der Waals surface area contributed by atoms with Crippen LogP contribution in [0.15, 0.2) is 0 Å². The van der Waals surface area contributed by atoms with Gasteiger partial charge in [0.2, 0.25) is 5.91 Å². The molecular weight excluding hydrogens is 180 g/mol. The Morgan fingerprint density at radius 1 is 1.43 bits per heavy atom. The Hall–Kier alpha value is -0.610. The van der Waals surface area contributed by atoms with Crippen LogP contribution in [0.3, 0.4) is 0 Å². The first-order valence-electron chi connectivity index (χ1n) is 5.02. The zero-order chi connectivity index (χ0) is 11.0. The molecule has 0 aromatic heterocycles. The number of carbonyl (C=O) groups excluding carboxylic acids is 1. The van der Waals surface area contributed by atoms with Crippen molar-refractivity contribution in [3.8, 4) is 0 Å². The quantitative estimate of drug-likeness (QED) is 0.605. The maximum absolute atomic E-state index is 11.1. The highest BCUT2D eigenvalue weighted by atomic mass is 16.5. The van der Waals surface area contributed by atoms with Crippen molar-refractivity contribution < 1.29 is 9.53 Å². The molecule has 0 aliphatic heterocycles. The van der Waals surface area contributed by atoms with Crippen molar-refractivity contribution in [3.05, 3.63) is 0 Å². The van der Waals surface area contributed by atoms with Crippen molar-refractivity contribution in [2.75, 3.05) is 40.4 Å². The number of hydrogen-bond donors (Lipinski definition) is 1. The maximum atomic E-state index is 11.1. The molecule has 84 valence electrons. The van der Waals surface area contributed by atoms with Gasteiger partial charge in [-0.3, -0.25) is 4.79 Å². The van der Waals surface area contributed by atoms with Gasteiger partial charge in [-0.15, -0.1) is 0 Å². The molecule has 0 aliphatic rings. The summed E-state index contributed by atoms with van der Waals surface area (Å²) >= 11 is 0. The van der Waals surface area contributed by atoms with E-state index in [1.54, 1.807) is 19.0 Å². The lowest BCUT2D eigenvalue weighted by atomic mass is 10.2. The number of hydrogen-bond acceptors (Lipinski definition) is 3. The molecule has 0 aliphatic carbocycles. The Morgan fingerprint density at radius 3 is 2.57 bits per heavy atom. The first-order chi connectivity index (χ1) is 6.54. The molecule has 0 heterocycles. The zero-order valence-electron chi connectivity index (χ0n) is 9.67. The highest BCUT2D eigenvalue weighted by Crippen LogP contribution is 1.90. The molecule has 0 spiro atoms. The third-order valence-corrected chi connectivity index (χ3v) is 1.65. The Bertz CT molecular complexity index is 158. The van der Waals surface area contributed by atoms with E-state index in [0.29, 0.717) is 19.1 Å². The van der Waals surface area contributed by atoms with Gasteiger partial charge in [-0.25, -0.2) is 0 Å². The van der Waals surface area contributed by atoms with Crippen LogP contribution in [0.5, 0.6) is 0 Å². The molecule has 0 aromatic rings. The maximum Gasteiger partial charge on any atom is 0.236 e. The van der Waals surface area contributed by atoms with Crippen molar-refractivity contribution in [2.24, 2.45) is 5.92 Å². The summed E-state index contributed by atoms with van der Waals surface area (Å²) in [6.45, 7) is 6.79. The Morgan fingerprint density at radius 2 is 2.07 bits per heavy atom. The fraction of sp³-hybridized carbons (Fsp3) is 0.900. The molecule has 0 saturated carbocycles. The lowest BCUT2D eigenvalue weighted by Crippen LogP contribution is -2.34. The second kappa shape index (κ2) is 7.76. The van der Waals surface area contributed by atoms with Crippen molar-refractivity contribution in [3.63, 3.8) is 0 Å². The SMILES string of the molecule is CC(C)COCCNCC(=O)N(C)C. The van der Waals surface area contributed by atoms with Crippen molar-refractivity contribution >= 4 is 5.91 Å². The highest BCUT2D eigenvalue weighted by Gasteiger charge is 2.01. The van der Waals surface area contributed by atoms with E-state index in [-0.39, 0.29) is 5.91 Å². The average Bonchev–Trinajstić information content (AvgIpc) is 2.09. The zero-order valence-corrected chi connectivity index (χ0v) is 9.67. The number of likely N-dealkylation sites (N-methyl/N-ethyl adjacent to an activating group) is 1. The molecule has 0 radical (unpaired) electrons. The van der Waals surface area contributed by atoms with Crippen molar-refractivity contribution in [1.82, 2.24) is 10.2 Å². The van der Waals surface area contributed by atoms with Gasteiger partial charge in [0.25, 0.3) is 0 Å². The lowest BCUT2D eigenvalue weighted by molar-refractivity contribution is -0.127. The highest BCUT2D eigenvalue weighted by molar-refractivity contribution is 5.77. The summed E-state index contributed by atoms with van der Waals surface area (Å²) in [5, 5.41) is 3.02.